The van der Waals surface area contributed by atoms with Crippen LogP contribution in [0.2, 0.25) is 0 Å². The number of carbonyl (C=O) groups is 1. The summed E-state index contributed by atoms with van der Waals surface area (Å²) in [4.78, 5) is 15.7. The molecule has 5 nitrogen and oxygen atoms in total. The van der Waals surface area contributed by atoms with Gasteiger partial charge < -0.3 is 14.4 Å². The number of rotatable bonds is 5. The van der Waals surface area contributed by atoms with Gasteiger partial charge >= 0.3 is 5.97 Å². The van der Waals surface area contributed by atoms with E-state index in [1.54, 1.807) is 6.92 Å². The molecule has 0 aliphatic carbocycles. The zero-order valence-electron chi connectivity index (χ0n) is 12.6. The first kappa shape index (κ1) is 15.1. The van der Waals surface area contributed by atoms with Crippen LogP contribution < -0.4 is 0 Å². The van der Waals surface area contributed by atoms with E-state index in [4.69, 9.17) is 9.52 Å². The predicted octanol–water partition coefficient (Wildman–Crippen LogP) is 2.20. The van der Waals surface area contributed by atoms with Gasteiger partial charge in [0.25, 0.3) is 0 Å². The third-order valence-corrected chi connectivity index (χ3v) is 4.20. The third kappa shape index (κ3) is 3.41. The van der Waals surface area contributed by atoms with Crippen molar-refractivity contribution in [1.29, 1.82) is 0 Å². The molecule has 0 radical (unpaired) electrons. The molecule has 0 aromatic carbocycles. The van der Waals surface area contributed by atoms with Gasteiger partial charge in [-0.25, -0.2) is 4.79 Å². The van der Waals surface area contributed by atoms with Crippen LogP contribution in [0.4, 0.5) is 0 Å². The lowest BCUT2D eigenvalue weighted by atomic mass is 10.0. The first-order chi connectivity index (χ1) is 9.51. The zero-order valence-corrected chi connectivity index (χ0v) is 12.6. The molecule has 0 saturated carbocycles. The molecule has 0 unspecified atom stereocenters. The van der Waals surface area contributed by atoms with Crippen LogP contribution >= 0.6 is 0 Å². The molecule has 1 N–H and O–H groups in total. The number of aryl methyl sites for hydroxylation is 1. The third-order valence-electron chi connectivity index (χ3n) is 4.20. The van der Waals surface area contributed by atoms with Crippen LogP contribution in [-0.2, 0) is 6.54 Å². The van der Waals surface area contributed by atoms with Crippen molar-refractivity contribution in [2.24, 2.45) is 0 Å². The van der Waals surface area contributed by atoms with Gasteiger partial charge in [0.2, 0.25) is 5.76 Å². The molecule has 2 heterocycles. The number of likely N-dealkylation sites (tertiary alicyclic amines) is 1. The van der Waals surface area contributed by atoms with E-state index in [-0.39, 0.29) is 5.76 Å². The number of nitrogens with zero attached hydrogens (tertiary/aromatic N) is 2. The van der Waals surface area contributed by atoms with Crippen molar-refractivity contribution in [1.82, 2.24) is 9.80 Å². The average Bonchev–Trinajstić information content (AvgIpc) is 2.79. The molecule has 0 atom stereocenters. The lowest BCUT2D eigenvalue weighted by Gasteiger charge is -2.35. The smallest absolute Gasteiger partial charge is 0.372 e. The zero-order chi connectivity index (χ0) is 14.7. The normalized spacial score (nSPS) is 17.8. The Morgan fingerprint density at radius 1 is 1.50 bits per heavy atom. The highest BCUT2D eigenvalue weighted by Crippen LogP contribution is 2.20. The lowest BCUT2D eigenvalue weighted by Crippen LogP contribution is -2.42. The Morgan fingerprint density at radius 2 is 2.15 bits per heavy atom. The Balaban J connectivity index is 1.93. The minimum Gasteiger partial charge on any atom is -0.475 e. The van der Waals surface area contributed by atoms with Crippen LogP contribution in [0.1, 0.15) is 41.6 Å². The molecule has 0 spiro atoms. The van der Waals surface area contributed by atoms with E-state index in [9.17, 15) is 4.79 Å². The van der Waals surface area contributed by atoms with Gasteiger partial charge in [0.15, 0.2) is 0 Å². The van der Waals surface area contributed by atoms with Gasteiger partial charge in [-0.15, -0.1) is 0 Å². The van der Waals surface area contributed by atoms with Crippen molar-refractivity contribution in [2.75, 3.05) is 26.7 Å². The Hall–Kier alpha value is -1.33. The van der Waals surface area contributed by atoms with Crippen LogP contribution in [0.15, 0.2) is 10.5 Å². The van der Waals surface area contributed by atoms with E-state index in [1.807, 2.05) is 6.07 Å². The van der Waals surface area contributed by atoms with E-state index < -0.39 is 5.97 Å². The van der Waals surface area contributed by atoms with Crippen molar-refractivity contribution in [3.05, 3.63) is 23.2 Å². The maximum absolute atomic E-state index is 11.0. The summed E-state index contributed by atoms with van der Waals surface area (Å²) in [6.07, 6.45) is 2.33. The fraction of sp³-hybridized carbons (Fsp3) is 0.667. The monoisotopic (exact) mass is 280 g/mol. The highest BCUT2D eigenvalue weighted by Gasteiger charge is 2.23. The van der Waals surface area contributed by atoms with E-state index in [2.05, 4.69) is 23.8 Å². The molecule has 1 saturated heterocycles. The molecule has 20 heavy (non-hydrogen) atoms. The Labute approximate surface area is 120 Å². The van der Waals surface area contributed by atoms with Crippen LogP contribution in [0, 0.1) is 6.92 Å². The number of carboxylic acids is 1. The summed E-state index contributed by atoms with van der Waals surface area (Å²) in [5.74, 6) is -0.192. The molecule has 2 rings (SSSR count). The lowest BCUT2D eigenvalue weighted by molar-refractivity contribution is 0.0655. The minimum absolute atomic E-state index is 0.0641. The van der Waals surface area contributed by atoms with Crippen molar-refractivity contribution >= 4 is 5.97 Å². The molecule has 1 aliphatic heterocycles. The van der Waals surface area contributed by atoms with Crippen LogP contribution in [0.3, 0.4) is 0 Å². The number of hydrogen-bond donors (Lipinski definition) is 1. The summed E-state index contributed by atoms with van der Waals surface area (Å²) < 4.78 is 5.43. The molecular formula is C15H24N2O3. The average molecular weight is 280 g/mol. The molecule has 1 aromatic rings. The van der Waals surface area contributed by atoms with Crippen LogP contribution in [0.5, 0.6) is 0 Å². The SMILES string of the molecule is CCN1CCC(N(C)Cc2cc(C)c(C(=O)O)o2)CC1. The van der Waals surface area contributed by atoms with Gasteiger partial charge in [0, 0.05) is 11.6 Å². The van der Waals surface area contributed by atoms with Crippen molar-refractivity contribution in [3.63, 3.8) is 0 Å². The Bertz CT molecular complexity index is 462. The van der Waals surface area contributed by atoms with Crippen molar-refractivity contribution < 1.29 is 14.3 Å². The maximum atomic E-state index is 11.0. The summed E-state index contributed by atoms with van der Waals surface area (Å²) in [6.45, 7) is 8.05. The summed E-state index contributed by atoms with van der Waals surface area (Å²) >= 11 is 0. The summed E-state index contributed by atoms with van der Waals surface area (Å²) in [6, 6.07) is 2.39. The van der Waals surface area contributed by atoms with Gasteiger partial charge in [-0.3, -0.25) is 4.90 Å². The molecule has 0 amide bonds. The molecule has 1 aromatic heterocycles. The topological polar surface area (TPSA) is 56.9 Å². The molecule has 112 valence electrons. The van der Waals surface area contributed by atoms with E-state index in [0.29, 0.717) is 18.2 Å². The fourth-order valence-electron chi connectivity index (χ4n) is 2.89. The summed E-state index contributed by atoms with van der Waals surface area (Å²) in [7, 11) is 2.09. The molecule has 1 aliphatic rings. The second-order valence-electron chi connectivity index (χ2n) is 5.61. The van der Waals surface area contributed by atoms with E-state index in [0.717, 1.165) is 38.2 Å². The molecule has 0 bridgehead atoms. The highest BCUT2D eigenvalue weighted by atomic mass is 16.4. The van der Waals surface area contributed by atoms with E-state index in [1.165, 1.54) is 0 Å². The van der Waals surface area contributed by atoms with E-state index >= 15 is 0 Å². The number of furan rings is 1. The van der Waals surface area contributed by atoms with Gasteiger partial charge in [-0.1, -0.05) is 6.92 Å². The number of carboxylic acid groups (broad SMARTS) is 1. The number of hydrogen-bond acceptors (Lipinski definition) is 4. The Morgan fingerprint density at radius 3 is 2.65 bits per heavy atom. The first-order valence-corrected chi connectivity index (χ1v) is 7.26. The number of piperidine rings is 1. The van der Waals surface area contributed by atoms with Crippen LogP contribution in [-0.4, -0.2) is 53.6 Å². The number of aromatic carboxylic acids is 1. The summed E-state index contributed by atoms with van der Waals surface area (Å²) in [5, 5.41) is 9.01. The second kappa shape index (κ2) is 6.41. The van der Waals surface area contributed by atoms with Gasteiger partial charge in [-0.2, -0.15) is 0 Å². The quantitative estimate of drug-likeness (QED) is 0.896. The van der Waals surface area contributed by atoms with Crippen molar-refractivity contribution in [3.8, 4) is 0 Å². The minimum atomic E-state index is -0.993. The molecule has 1 fully saturated rings. The highest BCUT2D eigenvalue weighted by molar-refractivity contribution is 5.86. The fourth-order valence-corrected chi connectivity index (χ4v) is 2.89. The standard InChI is InChI=1S/C15H24N2O3/c1-4-17-7-5-12(6-8-17)16(3)10-13-9-11(2)14(20-13)15(18)19/h9,12H,4-8,10H2,1-3H3,(H,18,19). The predicted molar refractivity (Wildman–Crippen MR) is 77.0 cm³/mol. The largest absolute Gasteiger partial charge is 0.475 e. The van der Waals surface area contributed by atoms with Gasteiger partial charge in [0.05, 0.1) is 6.54 Å². The molecular weight excluding hydrogens is 256 g/mol. The van der Waals surface area contributed by atoms with Gasteiger partial charge in [0.1, 0.15) is 5.76 Å². The van der Waals surface area contributed by atoms with Crippen LogP contribution in [0.25, 0.3) is 0 Å². The maximum Gasteiger partial charge on any atom is 0.372 e. The first-order valence-electron chi connectivity index (χ1n) is 7.26. The van der Waals surface area contributed by atoms with Crippen molar-refractivity contribution in [2.45, 2.75) is 39.3 Å². The summed E-state index contributed by atoms with van der Waals surface area (Å²) in [5.41, 5.74) is 0.696. The van der Waals surface area contributed by atoms with Gasteiger partial charge in [-0.05, 0) is 52.5 Å². The molecule has 5 heteroatoms. The Kier molecular flexibility index (Phi) is 4.83. The second-order valence-corrected chi connectivity index (χ2v) is 5.61.